The van der Waals surface area contributed by atoms with Gasteiger partial charge in [0.05, 0.1) is 25.4 Å². The minimum absolute atomic E-state index is 0.0275. The van der Waals surface area contributed by atoms with E-state index in [1.54, 1.807) is 11.8 Å². The van der Waals surface area contributed by atoms with Crippen molar-refractivity contribution in [2.75, 3.05) is 20.7 Å². The van der Waals surface area contributed by atoms with Crippen LogP contribution in [0, 0.1) is 5.92 Å². The van der Waals surface area contributed by atoms with Gasteiger partial charge in [0.2, 0.25) is 0 Å². The molecular weight excluding hydrogens is 396 g/mol. The molecule has 5 nitrogen and oxygen atoms in total. The molecule has 1 saturated carbocycles. The smallest absolute Gasteiger partial charge is 0.159 e. The second-order valence-electron chi connectivity index (χ2n) is 8.15. The summed E-state index contributed by atoms with van der Waals surface area (Å²) in [4.78, 5) is 7.06. The molecule has 1 fully saturated rings. The van der Waals surface area contributed by atoms with Crippen LogP contribution in [0.1, 0.15) is 17.5 Å². The standard InChI is InChI=1S/C24H30N2O3S/c1-26(2)24-25-21-20(30-24)13-19(14-27)22(28-15-17-9-5-3-6-10-17)23(21)29-16-18-11-7-4-8-12-18/h3-12,19-23,27H,13-16H2,1-2H3. The number of aliphatic hydroxyl groups is 1. The van der Waals surface area contributed by atoms with Crippen LogP contribution < -0.4 is 0 Å². The summed E-state index contributed by atoms with van der Waals surface area (Å²) < 4.78 is 12.9. The Morgan fingerprint density at radius 1 is 0.933 bits per heavy atom. The highest BCUT2D eigenvalue weighted by atomic mass is 32.2. The Bertz CT molecular complexity index is 831. The third-order valence-corrected chi connectivity index (χ3v) is 7.20. The lowest BCUT2D eigenvalue weighted by molar-refractivity contribution is -0.140. The van der Waals surface area contributed by atoms with Crippen molar-refractivity contribution in [1.29, 1.82) is 0 Å². The molecule has 160 valence electrons. The molecule has 0 saturated heterocycles. The summed E-state index contributed by atoms with van der Waals surface area (Å²) in [6, 6.07) is 20.4. The van der Waals surface area contributed by atoms with Crippen LogP contribution in [0.3, 0.4) is 0 Å². The quantitative estimate of drug-likeness (QED) is 0.734. The van der Waals surface area contributed by atoms with Crippen molar-refractivity contribution in [2.24, 2.45) is 10.9 Å². The molecule has 0 aromatic heterocycles. The van der Waals surface area contributed by atoms with E-state index in [4.69, 9.17) is 14.5 Å². The van der Waals surface area contributed by atoms with Crippen molar-refractivity contribution in [2.45, 2.75) is 43.1 Å². The highest BCUT2D eigenvalue weighted by Crippen LogP contribution is 2.43. The summed E-state index contributed by atoms with van der Waals surface area (Å²) in [6.45, 7) is 1.10. The molecule has 0 amide bonds. The molecule has 0 radical (unpaired) electrons. The maximum Gasteiger partial charge on any atom is 0.159 e. The first-order chi connectivity index (χ1) is 14.7. The van der Waals surface area contributed by atoms with E-state index >= 15 is 0 Å². The van der Waals surface area contributed by atoms with E-state index in [9.17, 15) is 5.11 Å². The highest BCUT2D eigenvalue weighted by Gasteiger charge is 2.49. The molecule has 2 aliphatic rings. The molecule has 0 spiro atoms. The fraction of sp³-hybridized carbons (Fsp3) is 0.458. The van der Waals surface area contributed by atoms with Crippen LogP contribution in [-0.2, 0) is 22.7 Å². The van der Waals surface area contributed by atoms with Gasteiger partial charge in [-0.05, 0) is 17.5 Å². The average molecular weight is 427 g/mol. The monoisotopic (exact) mass is 426 g/mol. The SMILES string of the molecule is CN(C)C1=NC2C(CC(CO)C(OCc3ccccc3)C2OCc2ccccc2)S1. The van der Waals surface area contributed by atoms with Crippen LogP contribution in [0.5, 0.6) is 0 Å². The van der Waals surface area contributed by atoms with E-state index in [1.165, 1.54) is 0 Å². The van der Waals surface area contributed by atoms with Crippen LogP contribution >= 0.6 is 11.8 Å². The number of aliphatic imine (C=N–C) groups is 1. The van der Waals surface area contributed by atoms with Gasteiger partial charge in [-0.15, -0.1) is 0 Å². The first-order valence-corrected chi connectivity index (χ1v) is 11.4. The summed E-state index contributed by atoms with van der Waals surface area (Å²) >= 11 is 1.79. The molecule has 1 N–H and O–H groups in total. The normalized spacial score (nSPS) is 28.1. The van der Waals surface area contributed by atoms with E-state index in [1.807, 2.05) is 50.5 Å². The van der Waals surface area contributed by atoms with Crippen molar-refractivity contribution in [3.05, 3.63) is 71.8 Å². The molecular formula is C24H30N2O3S. The topological polar surface area (TPSA) is 54.3 Å². The Morgan fingerprint density at radius 2 is 1.50 bits per heavy atom. The van der Waals surface area contributed by atoms with Crippen molar-refractivity contribution < 1.29 is 14.6 Å². The molecule has 1 heterocycles. The van der Waals surface area contributed by atoms with E-state index in [0.29, 0.717) is 18.5 Å². The van der Waals surface area contributed by atoms with E-state index in [0.717, 1.165) is 22.7 Å². The largest absolute Gasteiger partial charge is 0.396 e. The Kier molecular flexibility index (Phi) is 7.10. The molecule has 2 aromatic carbocycles. The Morgan fingerprint density at radius 3 is 2.03 bits per heavy atom. The lowest BCUT2D eigenvalue weighted by Crippen LogP contribution is -2.53. The van der Waals surface area contributed by atoms with Gasteiger partial charge in [0.25, 0.3) is 0 Å². The second kappa shape index (κ2) is 9.96. The zero-order valence-corrected chi connectivity index (χ0v) is 18.4. The van der Waals surface area contributed by atoms with E-state index in [2.05, 4.69) is 29.2 Å². The van der Waals surface area contributed by atoms with Crippen LogP contribution in [0.4, 0.5) is 0 Å². The number of nitrogens with zero attached hydrogens (tertiary/aromatic N) is 2. The van der Waals surface area contributed by atoms with Gasteiger partial charge in [0.1, 0.15) is 6.10 Å². The summed E-state index contributed by atoms with van der Waals surface area (Å²) in [7, 11) is 4.05. The predicted molar refractivity (Wildman–Crippen MR) is 122 cm³/mol. The molecule has 0 bridgehead atoms. The number of hydrogen-bond donors (Lipinski definition) is 1. The number of benzene rings is 2. The van der Waals surface area contributed by atoms with Gasteiger partial charge in [0, 0.05) is 31.9 Å². The van der Waals surface area contributed by atoms with Crippen LogP contribution in [0.2, 0.25) is 0 Å². The van der Waals surface area contributed by atoms with Crippen molar-refractivity contribution in [3.63, 3.8) is 0 Å². The molecule has 5 atom stereocenters. The summed E-state index contributed by atoms with van der Waals surface area (Å²) in [5.74, 6) is 0.0277. The minimum Gasteiger partial charge on any atom is -0.396 e. The second-order valence-corrected chi connectivity index (χ2v) is 9.36. The highest BCUT2D eigenvalue weighted by molar-refractivity contribution is 8.14. The first-order valence-electron chi connectivity index (χ1n) is 10.5. The molecule has 5 unspecified atom stereocenters. The van der Waals surface area contributed by atoms with Crippen LogP contribution in [-0.4, -0.2) is 59.4 Å². The molecule has 6 heteroatoms. The third kappa shape index (κ3) is 4.89. The number of ether oxygens (including phenoxy) is 2. The summed E-state index contributed by atoms with van der Waals surface area (Å²) in [5, 5.41) is 11.5. The van der Waals surface area contributed by atoms with Gasteiger partial charge < -0.3 is 19.5 Å². The first kappa shape index (κ1) is 21.4. The number of thioether (sulfide) groups is 1. The molecule has 1 aliphatic carbocycles. The zero-order valence-electron chi connectivity index (χ0n) is 17.6. The van der Waals surface area contributed by atoms with Gasteiger partial charge in [-0.3, -0.25) is 4.99 Å². The molecule has 2 aromatic rings. The number of amidine groups is 1. The van der Waals surface area contributed by atoms with Crippen LogP contribution in [0.25, 0.3) is 0 Å². The Labute approximate surface area is 183 Å². The third-order valence-electron chi connectivity index (χ3n) is 5.74. The maximum absolute atomic E-state index is 10.2. The lowest BCUT2D eigenvalue weighted by atomic mass is 9.81. The van der Waals surface area contributed by atoms with Gasteiger partial charge in [-0.2, -0.15) is 0 Å². The van der Waals surface area contributed by atoms with Gasteiger partial charge in [0.15, 0.2) is 5.17 Å². The summed E-state index contributed by atoms with van der Waals surface area (Å²) in [5.41, 5.74) is 2.25. The van der Waals surface area contributed by atoms with Gasteiger partial charge >= 0.3 is 0 Å². The average Bonchev–Trinajstić information content (AvgIpc) is 3.21. The zero-order chi connectivity index (χ0) is 20.9. The number of rotatable bonds is 7. The fourth-order valence-electron chi connectivity index (χ4n) is 4.17. The molecule has 4 rings (SSSR count). The predicted octanol–water partition coefficient (Wildman–Crippen LogP) is 3.57. The number of hydrogen-bond acceptors (Lipinski definition) is 6. The van der Waals surface area contributed by atoms with E-state index in [-0.39, 0.29) is 30.8 Å². The number of aliphatic hydroxyl groups excluding tert-OH is 1. The van der Waals surface area contributed by atoms with Crippen molar-refractivity contribution in [3.8, 4) is 0 Å². The lowest BCUT2D eigenvalue weighted by Gasteiger charge is -2.42. The van der Waals surface area contributed by atoms with Crippen molar-refractivity contribution in [1.82, 2.24) is 4.90 Å². The number of fused-ring (bicyclic) bond motifs is 1. The van der Waals surface area contributed by atoms with E-state index < -0.39 is 0 Å². The minimum atomic E-state index is -0.203. The van der Waals surface area contributed by atoms with Crippen molar-refractivity contribution >= 4 is 16.9 Å². The van der Waals surface area contributed by atoms with Gasteiger partial charge in [-0.25, -0.2) is 0 Å². The fourth-order valence-corrected chi connectivity index (χ4v) is 5.53. The summed E-state index contributed by atoms with van der Waals surface area (Å²) in [6.07, 6.45) is 0.470. The molecule has 1 aliphatic heterocycles. The van der Waals surface area contributed by atoms with Crippen LogP contribution in [0.15, 0.2) is 65.7 Å². The Balaban J connectivity index is 1.56. The maximum atomic E-state index is 10.2. The van der Waals surface area contributed by atoms with Gasteiger partial charge in [-0.1, -0.05) is 72.4 Å². The Hall–Kier alpha value is -1.86. The molecule has 30 heavy (non-hydrogen) atoms.